The fourth-order valence-corrected chi connectivity index (χ4v) is 1.27. The third-order valence-corrected chi connectivity index (χ3v) is 2.21. The molecule has 0 saturated heterocycles. The van der Waals surface area contributed by atoms with Crippen LogP contribution in [0.4, 0.5) is 5.69 Å². The number of anilines is 1. The molecular formula is C12H16N2O2. The van der Waals surface area contributed by atoms with Gasteiger partial charge in [-0.3, -0.25) is 0 Å². The number of hydrogen-bond acceptors (Lipinski definition) is 4. The van der Waals surface area contributed by atoms with E-state index in [-0.39, 0.29) is 0 Å². The van der Waals surface area contributed by atoms with E-state index in [1.165, 1.54) is 0 Å². The van der Waals surface area contributed by atoms with E-state index < -0.39 is 0 Å². The van der Waals surface area contributed by atoms with Gasteiger partial charge in [-0.05, 0) is 6.42 Å². The zero-order valence-corrected chi connectivity index (χ0v) is 9.62. The Morgan fingerprint density at radius 2 is 2.12 bits per heavy atom. The van der Waals surface area contributed by atoms with Gasteiger partial charge in [-0.15, -0.1) is 0 Å². The van der Waals surface area contributed by atoms with Crippen LogP contribution in [0.25, 0.3) is 0 Å². The monoisotopic (exact) mass is 220 g/mol. The number of ether oxygens (including phenoxy) is 2. The van der Waals surface area contributed by atoms with Crippen molar-refractivity contribution in [1.29, 1.82) is 5.26 Å². The normalized spacial score (nSPS) is 9.56. The zero-order chi connectivity index (χ0) is 12.0. The van der Waals surface area contributed by atoms with E-state index in [4.69, 9.17) is 20.5 Å². The fraction of sp³-hybridized carbons (Fsp3) is 0.417. The highest BCUT2D eigenvalue weighted by atomic mass is 16.5. The Kier molecular flexibility index (Phi) is 4.46. The number of hydrogen-bond donors (Lipinski definition) is 1. The summed E-state index contributed by atoms with van der Waals surface area (Å²) in [5, 5.41) is 8.82. The standard InChI is InChI=1S/C12H16N2O2/c1-3-4-5-16-12-7-10(14)9(8-13)6-11(12)15-2/h6-7H,3-5,14H2,1-2H3. The molecule has 1 aromatic carbocycles. The molecule has 0 unspecified atom stereocenters. The Balaban J connectivity index is 2.91. The van der Waals surface area contributed by atoms with Gasteiger partial charge in [0.05, 0.1) is 25.0 Å². The first-order chi connectivity index (χ1) is 7.72. The molecule has 4 nitrogen and oxygen atoms in total. The molecule has 0 saturated carbocycles. The molecular weight excluding hydrogens is 204 g/mol. The SMILES string of the molecule is CCCCOc1cc(N)c(C#N)cc1OC. The molecule has 0 fully saturated rings. The number of nitriles is 1. The Bertz CT molecular complexity index is 397. The van der Waals surface area contributed by atoms with E-state index in [0.29, 0.717) is 29.4 Å². The highest BCUT2D eigenvalue weighted by Crippen LogP contribution is 2.31. The minimum atomic E-state index is 0.402. The lowest BCUT2D eigenvalue weighted by atomic mass is 10.2. The molecule has 0 radical (unpaired) electrons. The molecule has 2 N–H and O–H groups in total. The van der Waals surface area contributed by atoms with Gasteiger partial charge in [0.2, 0.25) is 0 Å². The molecule has 16 heavy (non-hydrogen) atoms. The highest BCUT2D eigenvalue weighted by Gasteiger charge is 2.09. The van der Waals surface area contributed by atoms with Gasteiger partial charge >= 0.3 is 0 Å². The third-order valence-electron chi connectivity index (χ3n) is 2.21. The molecule has 0 spiro atoms. The van der Waals surface area contributed by atoms with Crippen LogP contribution < -0.4 is 15.2 Å². The van der Waals surface area contributed by atoms with Crippen molar-refractivity contribution in [2.45, 2.75) is 19.8 Å². The van der Waals surface area contributed by atoms with Gasteiger partial charge in [0.1, 0.15) is 6.07 Å². The van der Waals surface area contributed by atoms with Crippen molar-refractivity contribution in [1.82, 2.24) is 0 Å². The van der Waals surface area contributed by atoms with Gasteiger partial charge in [-0.1, -0.05) is 13.3 Å². The summed E-state index contributed by atoms with van der Waals surface area (Å²) in [5.74, 6) is 1.13. The average molecular weight is 220 g/mol. The Morgan fingerprint density at radius 1 is 1.38 bits per heavy atom. The molecule has 0 heterocycles. The van der Waals surface area contributed by atoms with Crippen molar-refractivity contribution in [3.8, 4) is 17.6 Å². The van der Waals surface area contributed by atoms with Gasteiger partial charge < -0.3 is 15.2 Å². The summed E-state index contributed by atoms with van der Waals surface area (Å²) in [6.45, 7) is 2.71. The van der Waals surface area contributed by atoms with E-state index in [2.05, 4.69) is 6.92 Å². The maximum atomic E-state index is 8.82. The number of benzene rings is 1. The second-order valence-corrected chi connectivity index (χ2v) is 3.40. The molecule has 0 aliphatic carbocycles. The Hall–Kier alpha value is -1.89. The van der Waals surface area contributed by atoms with Crippen molar-refractivity contribution in [2.24, 2.45) is 0 Å². The van der Waals surface area contributed by atoms with Crippen LogP contribution >= 0.6 is 0 Å². The van der Waals surface area contributed by atoms with Crippen molar-refractivity contribution in [3.63, 3.8) is 0 Å². The molecule has 1 aromatic rings. The van der Waals surface area contributed by atoms with Gasteiger partial charge in [0.15, 0.2) is 11.5 Å². The second kappa shape index (κ2) is 5.86. The van der Waals surface area contributed by atoms with Gasteiger partial charge in [-0.25, -0.2) is 0 Å². The summed E-state index contributed by atoms with van der Waals surface area (Å²) < 4.78 is 10.7. The molecule has 86 valence electrons. The molecule has 4 heteroatoms. The molecule has 0 amide bonds. The Labute approximate surface area is 95.6 Å². The Morgan fingerprint density at radius 3 is 2.69 bits per heavy atom. The topological polar surface area (TPSA) is 68.3 Å². The smallest absolute Gasteiger partial charge is 0.163 e. The summed E-state index contributed by atoms with van der Waals surface area (Å²) in [5.41, 5.74) is 6.52. The van der Waals surface area contributed by atoms with Crippen LogP contribution in [0, 0.1) is 11.3 Å². The minimum absolute atomic E-state index is 0.402. The van der Waals surface area contributed by atoms with Crippen LogP contribution in [0.3, 0.4) is 0 Å². The van der Waals surface area contributed by atoms with Gasteiger partial charge in [-0.2, -0.15) is 5.26 Å². The lowest BCUT2D eigenvalue weighted by Gasteiger charge is -2.11. The number of unbranched alkanes of at least 4 members (excludes halogenated alkanes) is 1. The number of methoxy groups -OCH3 is 1. The summed E-state index contributed by atoms with van der Waals surface area (Å²) in [6, 6.07) is 5.23. The minimum Gasteiger partial charge on any atom is -0.493 e. The summed E-state index contributed by atoms with van der Waals surface area (Å²) in [4.78, 5) is 0. The number of nitrogens with zero attached hydrogens (tertiary/aromatic N) is 1. The molecule has 0 aromatic heterocycles. The van der Waals surface area contributed by atoms with E-state index in [1.807, 2.05) is 6.07 Å². The van der Waals surface area contributed by atoms with E-state index in [0.717, 1.165) is 12.8 Å². The van der Waals surface area contributed by atoms with Crippen LogP contribution in [0.15, 0.2) is 12.1 Å². The van der Waals surface area contributed by atoms with E-state index in [9.17, 15) is 0 Å². The second-order valence-electron chi connectivity index (χ2n) is 3.40. The quantitative estimate of drug-likeness (QED) is 0.610. The van der Waals surface area contributed by atoms with Crippen LogP contribution in [0.2, 0.25) is 0 Å². The first-order valence-electron chi connectivity index (χ1n) is 5.23. The first-order valence-corrected chi connectivity index (χ1v) is 5.23. The molecule has 0 bridgehead atoms. The predicted molar refractivity (Wildman–Crippen MR) is 62.5 cm³/mol. The van der Waals surface area contributed by atoms with Crippen molar-refractivity contribution >= 4 is 5.69 Å². The summed E-state index contributed by atoms with van der Waals surface area (Å²) in [6.07, 6.45) is 2.04. The molecule has 0 aliphatic rings. The van der Waals surface area contributed by atoms with Crippen molar-refractivity contribution in [3.05, 3.63) is 17.7 Å². The van der Waals surface area contributed by atoms with Crippen molar-refractivity contribution in [2.75, 3.05) is 19.5 Å². The van der Waals surface area contributed by atoms with Crippen LogP contribution in [0.5, 0.6) is 11.5 Å². The number of nitrogens with two attached hydrogens (primary N) is 1. The van der Waals surface area contributed by atoms with Gasteiger partial charge in [0.25, 0.3) is 0 Å². The molecule has 1 rings (SSSR count). The fourth-order valence-electron chi connectivity index (χ4n) is 1.27. The third kappa shape index (κ3) is 2.80. The lowest BCUT2D eigenvalue weighted by Crippen LogP contribution is -2.01. The van der Waals surface area contributed by atoms with E-state index >= 15 is 0 Å². The number of rotatable bonds is 5. The van der Waals surface area contributed by atoms with Crippen molar-refractivity contribution < 1.29 is 9.47 Å². The predicted octanol–water partition coefficient (Wildman–Crippen LogP) is 2.33. The van der Waals surface area contributed by atoms with Crippen LogP contribution in [-0.4, -0.2) is 13.7 Å². The number of nitrogen functional groups attached to an aromatic ring is 1. The largest absolute Gasteiger partial charge is 0.493 e. The van der Waals surface area contributed by atoms with Gasteiger partial charge in [0, 0.05) is 12.1 Å². The maximum absolute atomic E-state index is 8.82. The summed E-state index contributed by atoms with van der Waals surface area (Å²) in [7, 11) is 1.54. The van der Waals surface area contributed by atoms with Crippen LogP contribution in [0.1, 0.15) is 25.3 Å². The zero-order valence-electron chi connectivity index (χ0n) is 9.62. The van der Waals surface area contributed by atoms with E-state index in [1.54, 1.807) is 19.2 Å². The molecule has 0 atom stereocenters. The first kappa shape index (κ1) is 12.2. The maximum Gasteiger partial charge on any atom is 0.163 e. The van der Waals surface area contributed by atoms with Crippen LogP contribution in [-0.2, 0) is 0 Å². The average Bonchev–Trinajstić information content (AvgIpc) is 2.30. The highest BCUT2D eigenvalue weighted by molar-refractivity contribution is 5.62. The lowest BCUT2D eigenvalue weighted by molar-refractivity contribution is 0.288. The summed E-state index contributed by atoms with van der Waals surface area (Å²) >= 11 is 0. The molecule has 0 aliphatic heterocycles.